The summed E-state index contributed by atoms with van der Waals surface area (Å²) in [5.41, 5.74) is 10.2. The Balaban J connectivity index is 2.33. The first-order valence-corrected chi connectivity index (χ1v) is 7.11. The van der Waals surface area contributed by atoms with E-state index in [4.69, 9.17) is 5.73 Å². The SMILES string of the molecule is Cc1cccc(N2CC(CN)N(C)C(C)(C)C2)c1C. The van der Waals surface area contributed by atoms with E-state index in [9.17, 15) is 0 Å². The van der Waals surface area contributed by atoms with E-state index in [2.05, 4.69) is 62.7 Å². The van der Waals surface area contributed by atoms with Crippen molar-refractivity contribution < 1.29 is 0 Å². The number of hydrogen-bond acceptors (Lipinski definition) is 3. The molecule has 106 valence electrons. The van der Waals surface area contributed by atoms with Gasteiger partial charge in [-0.1, -0.05) is 12.1 Å². The molecule has 2 N–H and O–H groups in total. The van der Waals surface area contributed by atoms with Crippen LogP contribution in [-0.4, -0.2) is 43.2 Å². The van der Waals surface area contributed by atoms with Crippen molar-refractivity contribution in [3.05, 3.63) is 29.3 Å². The number of nitrogens with zero attached hydrogens (tertiary/aromatic N) is 2. The van der Waals surface area contributed by atoms with Crippen LogP contribution in [0.25, 0.3) is 0 Å². The highest BCUT2D eigenvalue weighted by atomic mass is 15.3. The van der Waals surface area contributed by atoms with Crippen molar-refractivity contribution in [2.45, 2.75) is 39.3 Å². The predicted octanol–water partition coefficient (Wildman–Crippen LogP) is 2.16. The van der Waals surface area contributed by atoms with E-state index in [0.29, 0.717) is 12.6 Å². The molecule has 1 unspecified atom stereocenters. The maximum Gasteiger partial charge on any atom is 0.0399 e. The van der Waals surface area contributed by atoms with Gasteiger partial charge in [-0.25, -0.2) is 0 Å². The number of benzene rings is 1. The minimum absolute atomic E-state index is 0.151. The van der Waals surface area contributed by atoms with E-state index in [1.165, 1.54) is 16.8 Å². The molecule has 0 bridgehead atoms. The van der Waals surface area contributed by atoms with Gasteiger partial charge in [-0.15, -0.1) is 0 Å². The van der Waals surface area contributed by atoms with Crippen LogP contribution in [0.4, 0.5) is 5.69 Å². The van der Waals surface area contributed by atoms with Crippen molar-refractivity contribution in [2.75, 3.05) is 31.6 Å². The van der Waals surface area contributed by atoms with Crippen LogP contribution >= 0.6 is 0 Å². The van der Waals surface area contributed by atoms with Crippen LogP contribution in [0.1, 0.15) is 25.0 Å². The van der Waals surface area contributed by atoms with Crippen LogP contribution in [0.5, 0.6) is 0 Å². The number of nitrogens with two attached hydrogens (primary N) is 1. The molecule has 19 heavy (non-hydrogen) atoms. The van der Waals surface area contributed by atoms with Crippen LogP contribution in [0.3, 0.4) is 0 Å². The van der Waals surface area contributed by atoms with Crippen LogP contribution in [0.15, 0.2) is 18.2 Å². The Morgan fingerprint density at radius 2 is 2.00 bits per heavy atom. The number of anilines is 1. The van der Waals surface area contributed by atoms with E-state index in [-0.39, 0.29) is 5.54 Å². The van der Waals surface area contributed by atoms with Crippen molar-refractivity contribution in [3.8, 4) is 0 Å². The molecule has 1 heterocycles. The molecule has 0 aromatic heterocycles. The Labute approximate surface area is 117 Å². The molecule has 1 fully saturated rings. The van der Waals surface area contributed by atoms with E-state index in [1.807, 2.05) is 0 Å². The van der Waals surface area contributed by atoms with E-state index in [0.717, 1.165) is 13.1 Å². The second kappa shape index (κ2) is 5.14. The fourth-order valence-corrected chi connectivity index (χ4v) is 3.01. The zero-order valence-corrected chi connectivity index (χ0v) is 12.9. The van der Waals surface area contributed by atoms with Gasteiger partial charge in [-0.2, -0.15) is 0 Å². The lowest BCUT2D eigenvalue weighted by Gasteiger charge is -2.51. The number of rotatable bonds is 2. The zero-order valence-electron chi connectivity index (χ0n) is 12.9. The molecule has 3 heteroatoms. The molecule has 0 spiro atoms. The van der Waals surface area contributed by atoms with E-state index in [1.54, 1.807) is 0 Å². The van der Waals surface area contributed by atoms with E-state index >= 15 is 0 Å². The number of hydrogen-bond donors (Lipinski definition) is 1. The van der Waals surface area contributed by atoms with Gasteiger partial charge in [0.1, 0.15) is 0 Å². The van der Waals surface area contributed by atoms with Crippen molar-refractivity contribution in [1.29, 1.82) is 0 Å². The third kappa shape index (κ3) is 2.63. The maximum absolute atomic E-state index is 5.95. The Morgan fingerprint density at radius 3 is 2.63 bits per heavy atom. The third-order valence-corrected chi connectivity index (χ3v) is 4.70. The average molecular weight is 261 g/mol. The van der Waals surface area contributed by atoms with Gasteiger partial charge in [0.25, 0.3) is 0 Å². The van der Waals surface area contributed by atoms with Crippen LogP contribution in [0, 0.1) is 13.8 Å². The fraction of sp³-hybridized carbons (Fsp3) is 0.625. The van der Waals surface area contributed by atoms with Gasteiger partial charge in [0.15, 0.2) is 0 Å². The first kappa shape index (κ1) is 14.4. The van der Waals surface area contributed by atoms with Crippen molar-refractivity contribution in [2.24, 2.45) is 5.73 Å². The smallest absolute Gasteiger partial charge is 0.0399 e. The lowest BCUT2D eigenvalue weighted by atomic mass is 9.94. The van der Waals surface area contributed by atoms with Gasteiger partial charge >= 0.3 is 0 Å². The molecule has 0 radical (unpaired) electrons. The third-order valence-electron chi connectivity index (χ3n) is 4.70. The minimum Gasteiger partial charge on any atom is -0.368 e. The summed E-state index contributed by atoms with van der Waals surface area (Å²) in [5, 5.41) is 0. The van der Waals surface area contributed by atoms with Gasteiger partial charge in [-0.05, 0) is 51.9 Å². The molecule has 0 amide bonds. The highest BCUT2D eigenvalue weighted by molar-refractivity contribution is 5.56. The molecular formula is C16H27N3. The number of likely N-dealkylation sites (N-methyl/N-ethyl adjacent to an activating group) is 1. The summed E-state index contributed by atoms with van der Waals surface area (Å²) in [7, 11) is 2.19. The monoisotopic (exact) mass is 261 g/mol. The molecule has 1 atom stereocenters. The molecule has 3 nitrogen and oxygen atoms in total. The van der Waals surface area contributed by atoms with Crippen molar-refractivity contribution >= 4 is 5.69 Å². The first-order chi connectivity index (χ1) is 8.86. The first-order valence-electron chi connectivity index (χ1n) is 7.11. The second-order valence-electron chi connectivity index (χ2n) is 6.41. The largest absolute Gasteiger partial charge is 0.368 e. The maximum atomic E-state index is 5.95. The Kier molecular flexibility index (Phi) is 3.88. The van der Waals surface area contributed by atoms with Gasteiger partial charge in [0.05, 0.1) is 0 Å². The van der Waals surface area contributed by atoms with Gasteiger partial charge in [-0.3, -0.25) is 4.90 Å². The molecule has 1 aromatic carbocycles. The molecule has 1 saturated heterocycles. The molecule has 0 saturated carbocycles. The summed E-state index contributed by atoms with van der Waals surface area (Å²) >= 11 is 0. The van der Waals surface area contributed by atoms with Crippen molar-refractivity contribution in [1.82, 2.24) is 4.90 Å². The summed E-state index contributed by atoms with van der Waals surface area (Å²) in [5.74, 6) is 0. The molecular weight excluding hydrogens is 234 g/mol. The number of aryl methyl sites for hydroxylation is 1. The van der Waals surface area contributed by atoms with Crippen LogP contribution < -0.4 is 10.6 Å². The summed E-state index contributed by atoms with van der Waals surface area (Å²) in [6.45, 7) is 11.8. The molecule has 0 aliphatic carbocycles. The van der Waals surface area contributed by atoms with Gasteiger partial charge in [0.2, 0.25) is 0 Å². The van der Waals surface area contributed by atoms with Crippen molar-refractivity contribution in [3.63, 3.8) is 0 Å². The summed E-state index contributed by atoms with van der Waals surface area (Å²) < 4.78 is 0. The molecule has 1 aliphatic rings. The van der Waals surface area contributed by atoms with Gasteiger partial charge < -0.3 is 10.6 Å². The summed E-state index contributed by atoms with van der Waals surface area (Å²) in [6, 6.07) is 6.99. The minimum atomic E-state index is 0.151. The average Bonchev–Trinajstić information content (AvgIpc) is 2.36. The lowest BCUT2D eigenvalue weighted by Crippen LogP contribution is -2.64. The predicted molar refractivity (Wildman–Crippen MR) is 82.8 cm³/mol. The normalized spacial score (nSPS) is 23.7. The molecule has 2 rings (SSSR count). The lowest BCUT2D eigenvalue weighted by molar-refractivity contribution is 0.0845. The summed E-state index contributed by atoms with van der Waals surface area (Å²) in [6.07, 6.45) is 0. The van der Waals surface area contributed by atoms with Gasteiger partial charge in [0, 0.05) is 36.9 Å². The Morgan fingerprint density at radius 1 is 1.32 bits per heavy atom. The quantitative estimate of drug-likeness (QED) is 0.885. The van der Waals surface area contributed by atoms with E-state index < -0.39 is 0 Å². The summed E-state index contributed by atoms with van der Waals surface area (Å²) in [4.78, 5) is 4.93. The van der Waals surface area contributed by atoms with Crippen LogP contribution in [-0.2, 0) is 0 Å². The van der Waals surface area contributed by atoms with Crippen LogP contribution in [0.2, 0.25) is 0 Å². The zero-order chi connectivity index (χ0) is 14.2. The highest BCUT2D eigenvalue weighted by Crippen LogP contribution is 2.30. The molecule has 1 aliphatic heterocycles. The topological polar surface area (TPSA) is 32.5 Å². The fourth-order valence-electron chi connectivity index (χ4n) is 3.01. The standard InChI is InChI=1S/C16H27N3/c1-12-7-6-8-15(13(12)2)19-10-14(9-17)18(5)16(3,4)11-19/h6-8,14H,9-11,17H2,1-5H3. The highest BCUT2D eigenvalue weighted by Gasteiger charge is 2.37. The number of piperazine rings is 1. The second-order valence-corrected chi connectivity index (χ2v) is 6.41. The Hall–Kier alpha value is -1.06. The Bertz CT molecular complexity index is 453. The molecule has 1 aromatic rings.